The summed E-state index contributed by atoms with van der Waals surface area (Å²) in [7, 11) is 0. The van der Waals surface area contributed by atoms with Crippen LogP contribution in [0, 0.1) is 6.07 Å². The van der Waals surface area contributed by atoms with Gasteiger partial charge in [0.15, 0.2) is 0 Å². The second-order valence-electron chi connectivity index (χ2n) is 2.69. The summed E-state index contributed by atoms with van der Waals surface area (Å²) in [5, 5.41) is 2.19. The molecule has 1 aromatic carbocycles. The van der Waals surface area contributed by atoms with Crippen molar-refractivity contribution in [2.75, 3.05) is 11.4 Å². The number of nitrogens with one attached hydrogen (secondary N) is 1. The van der Waals surface area contributed by atoms with Crippen molar-refractivity contribution < 1.29 is 9.59 Å². The van der Waals surface area contributed by atoms with E-state index in [-0.39, 0.29) is 18.5 Å². The molecule has 1 N–H and O–H groups in total. The molecule has 3 amide bonds. The zero-order valence-electron chi connectivity index (χ0n) is 6.78. The van der Waals surface area contributed by atoms with Crippen LogP contribution in [0.25, 0.3) is 0 Å². The summed E-state index contributed by atoms with van der Waals surface area (Å²) < 4.78 is 0. The first kappa shape index (κ1) is 7.79. The summed E-state index contributed by atoms with van der Waals surface area (Å²) in [5.74, 6) is -0.276. The van der Waals surface area contributed by atoms with Crippen LogP contribution in [-0.2, 0) is 4.79 Å². The van der Waals surface area contributed by atoms with Gasteiger partial charge in [-0.2, -0.15) is 0 Å². The molecule has 1 heterocycles. The van der Waals surface area contributed by atoms with E-state index in [1.54, 1.807) is 24.3 Å². The zero-order chi connectivity index (χ0) is 9.26. The lowest BCUT2D eigenvalue weighted by Gasteiger charge is -2.11. The van der Waals surface area contributed by atoms with E-state index < -0.39 is 0 Å². The Balaban J connectivity index is 2.28. The van der Waals surface area contributed by atoms with E-state index in [1.165, 1.54) is 4.90 Å². The Labute approximate surface area is 75.2 Å². The molecular weight excluding hydrogens is 168 g/mol. The average Bonchev–Trinajstić information content (AvgIpc) is 2.47. The van der Waals surface area contributed by atoms with Crippen LogP contribution < -0.4 is 10.2 Å². The lowest BCUT2D eigenvalue weighted by atomic mass is 10.3. The average molecular weight is 175 g/mol. The highest BCUT2D eigenvalue weighted by Crippen LogP contribution is 2.14. The van der Waals surface area contributed by atoms with Crippen LogP contribution in [0.2, 0.25) is 0 Å². The Morgan fingerprint density at radius 2 is 2.23 bits per heavy atom. The third-order valence-corrected chi connectivity index (χ3v) is 1.78. The Morgan fingerprint density at radius 1 is 1.38 bits per heavy atom. The van der Waals surface area contributed by atoms with E-state index >= 15 is 0 Å². The number of para-hydroxylation sites is 1. The monoisotopic (exact) mass is 175 g/mol. The lowest BCUT2D eigenvalue weighted by Crippen LogP contribution is -2.27. The molecule has 13 heavy (non-hydrogen) atoms. The van der Waals surface area contributed by atoms with Crippen LogP contribution >= 0.6 is 0 Å². The van der Waals surface area contributed by atoms with E-state index in [0.717, 1.165) is 0 Å². The molecule has 1 aromatic rings. The van der Waals surface area contributed by atoms with Crippen molar-refractivity contribution in [2.24, 2.45) is 0 Å². The maximum absolute atomic E-state index is 11.2. The largest absolute Gasteiger partial charge is 0.329 e. The Bertz CT molecular complexity index is 348. The predicted octanol–water partition coefficient (Wildman–Crippen LogP) is 0.543. The summed E-state index contributed by atoms with van der Waals surface area (Å²) in [6, 6.07) is 9.52. The first-order valence-electron chi connectivity index (χ1n) is 3.85. The van der Waals surface area contributed by atoms with Gasteiger partial charge < -0.3 is 0 Å². The van der Waals surface area contributed by atoms with Crippen LogP contribution in [0.5, 0.6) is 0 Å². The van der Waals surface area contributed by atoms with Gasteiger partial charge in [-0.3, -0.25) is 15.0 Å². The van der Waals surface area contributed by atoms with Crippen molar-refractivity contribution in [2.45, 2.75) is 0 Å². The van der Waals surface area contributed by atoms with Gasteiger partial charge >= 0.3 is 6.03 Å². The van der Waals surface area contributed by atoms with Crippen LogP contribution in [0.1, 0.15) is 0 Å². The number of imide groups is 1. The third-order valence-electron chi connectivity index (χ3n) is 1.78. The number of carbonyl (C=O) groups excluding carboxylic acids is 2. The Kier molecular flexibility index (Phi) is 1.73. The van der Waals surface area contributed by atoms with Gasteiger partial charge in [0.2, 0.25) is 5.91 Å². The number of urea groups is 1. The van der Waals surface area contributed by atoms with Crippen molar-refractivity contribution in [3.8, 4) is 0 Å². The second-order valence-corrected chi connectivity index (χ2v) is 2.69. The van der Waals surface area contributed by atoms with Crippen molar-refractivity contribution in [3.63, 3.8) is 0 Å². The third kappa shape index (κ3) is 1.38. The van der Waals surface area contributed by atoms with Crippen LogP contribution in [0.4, 0.5) is 10.5 Å². The number of hydrogen-bond donors (Lipinski definition) is 1. The van der Waals surface area contributed by atoms with E-state index in [1.807, 2.05) is 0 Å². The van der Waals surface area contributed by atoms with E-state index in [9.17, 15) is 9.59 Å². The summed E-state index contributed by atoms with van der Waals surface area (Å²) >= 11 is 0. The summed E-state index contributed by atoms with van der Waals surface area (Å²) in [5.41, 5.74) is 0.617. The molecular formula is C9H7N2O2. The van der Waals surface area contributed by atoms with Gasteiger partial charge in [-0.15, -0.1) is 0 Å². The topological polar surface area (TPSA) is 49.4 Å². The van der Waals surface area contributed by atoms with Crippen molar-refractivity contribution in [1.29, 1.82) is 0 Å². The maximum Gasteiger partial charge on any atom is 0.329 e. The van der Waals surface area contributed by atoms with Gasteiger partial charge in [-0.05, 0) is 6.07 Å². The molecule has 0 saturated carbocycles. The molecule has 4 heteroatoms. The fourth-order valence-electron chi connectivity index (χ4n) is 1.19. The van der Waals surface area contributed by atoms with Gasteiger partial charge in [0.25, 0.3) is 0 Å². The quantitative estimate of drug-likeness (QED) is 0.633. The zero-order valence-corrected chi connectivity index (χ0v) is 6.78. The predicted molar refractivity (Wildman–Crippen MR) is 46.2 cm³/mol. The molecule has 1 radical (unpaired) electrons. The minimum Gasteiger partial charge on any atom is -0.284 e. The molecule has 0 aliphatic carbocycles. The smallest absolute Gasteiger partial charge is 0.284 e. The summed E-state index contributed by atoms with van der Waals surface area (Å²) in [6.07, 6.45) is 0. The minimum absolute atomic E-state index is 0.0827. The van der Waals surface area contributed by atoms with Crippen LogP contribution in [0.3, 0.4) is 0 Å². The van der Waals surface area contributed by atoms with E-state index in [0.29, 0.717) is 5.69 Å². The number of nitrogens with zero attached hydrogens (tertiary/aromatic N) is 1. The number of carbonyl (C=O) groups is 2. The molecule has 0 bridgehead atoms. The van der Waals surface area contributed by atoms with Gasteiger partial charge in [-0.25, -0.2) is 4.79 Å². The first-order valence-corrected chi connectivity index (χ1v) is 3.85. The Morgan fingerprint density at radius 3 is 2.77 bits per heavy atom. The standard InChI is InChI=1S/C9H7N2O2/c12-8-6-11(9(13)10-8)7-4-2-1-3-5-7/h1-4H,6H2,(H,10,12,13). The fraction of sp³-hybridized carbons (Fsp3) is 0.111. The molecule has 4 nitrogen and oxygen atoms in total. The van der Waals surface area contributed by atoms with Gasteiger partial charge in [0.05, 0.1) is 5.69 Å². The van der Waals surface area contributed by atoms with E-state index in [2.05, 4.69) is 11.4 Å². The lowest BCUT2D eigenvalue weighted by molar-refractivity contribution is -0.117. The number of benzene rings is 1. The number of amides is 3. The van der Waals surface area contributed by atoms with Gasteiger partial charge in [-0.1, -0.05) is 18.2 Å². The molecule has 0 unspecified atom stereocenters. The highest BCUT2D eigenvalue weighted by Gasteiger charge is 2.27. The molecule has 1 aliphatic rings. The van der Waals surface area contributed by atoms with Crippen LogP contribution in [-0.4, -0.2) is 18.5 Å². The highest BCUT2D eigenvalue weighted by molar-refractivity contribution is 6.12. The molecule has 0 aromatic heterocycles. The van der Waals surface area contributed by atoms with Crippen molar-refractivity contribution in [1.82, 2.24) is 5.32 Å². The Hall–Kier alpha value is -1.84. The molecule has 1 saturated heterocycles. The van der Waals surface area contributed by atoms with Crippen molar-refractivity contribution in [3.05, 3.63) is 30.3 Å². The minimum atomic E-state index is -0.382. The molecule has 65 valence electrons. The fourth-order valence-corrected chi connectivity index (χ4v) is 1.19. The molecule has 1 aliphatic heterocycles. The SMILES string of the molecule is O=C1CN(c2[c]cccc2)C(=O)N1. The molecule has 0 atom stereocenters. The van der Waals surface area contributed by atoms with E-state index in [4.69, 9.17) is 0 Å². The highest BCUT2D eigenvalue weighted by atomic mass is 16.2. The molecule has 1 fully saturated rings. The van der Waals surface area contributed by atoms with Crippen LogP contribution in [0.15, 0.2) is 24.3 Å². The second kappa shape index (κ2) is 2.90. The van der Waals surface area contributed by atoms with Crippen molar-refractivity contribution >= 4 is 17.6 Å². The number of hydrogen-bond acceptors (Lipinski definition) is 2. The summed E-state index contributed by atoms with van der Waals surface area (Å²) in [6.45, 7) is 0.0827. The molecule has 2 rings (SSSR count). The number of anilines is 1. The molecule has 0 spiro atoms. The van der Waals surface area contributed by atoms with Gasteiger partial charge in [0.1, 0.15) is 6.54 Å². The maximum atomic E-state index is 11.2. The van der Waals surface area contributed by atoms with Gasteiger partial charge in [0, 0.05) is 6.07 Å². The first-order chi connectivity index (χ1) is 6.27. The normalized spacial score (nSPS) is 16.2. The summed E-state index contributed by atoms with van der Waals surface area (Å²) in [4.78, 5) is 23.4. The number of rotatable bonds is 1.